The number of nitrogens with one attached hydrogen (secondary N) is 1. The van der Waals surface area contributed by atoms with Crippen LogP contribution in [0.2, 0.25) is 0 Å². The molecule has 0 unspecified atom stereocenters. The van der Waals surface area contributed by atoms with Crippen molar-refractivity contribution in [2.45, 2.75) is 39.4 Å². The van der Waals surface area contributed by atoms with E-state index < -0.39 is 0 Å². The molecule has 0 radical (unpaired) electrons. The smallest absolute Gasteiger partial charge is 0.0721 e. The first kappa shape index (κ1) is 10.5. The molecular formula is C13H19NO. The Bertz CT molecular complexity index is 333. The van der Waals surface area contributed by atoms with Crippen LogP contribution in [0.15, 0.2) is 18.2 Å². The summed E-state index contributed by atoms with van der Waals surface area (Å²) in [6.45, 7) is 5.95. The van der Waals surface area contributed by atoms with E-state index in [0.29, 0.717) is 12.7 Å². The number of anilines is 1. The third kappa shape index (κ3) is 2.72. The van der Waals surface area contributed by atoms with E-state index in [1.165, 1.54) is 29.7 Å². The average molecular weight is 205 g/mol. The molecule has 0 spiro atoms. The normalized spacial score (nSPS) is 14.9. The van der Waals surface area contributed by atoms with Crippen molar-refractivity contribution in [2.24, 2.45) is 0 Å². The molecular weight excluding hydrogens is 186 g/mol. The van der Waals surface area contributed by atoms with Gasteiger partial charge in [0.1, 0.15) is 0 Å². The van der Waals surface area contributed by atoms with Crippen LogP contribution in [0.25, 0.3) is 0 Å². The summed E-state index contributed by atoms with van der Waals surface area (Å²) < 4.78 is 5.59. The van der Waals surface area contributed by atoms with E-state index in [4.69, 9.17) is 4.74 Å². The Labute approximate surface area is 91.6 Å². The maximum absolute atomic E-state index is 5.59. The highest BCUT2D eigenvalue weighted by molar-refractivity contribution is 5.54. The monoisotopic (exact) mass is 205 g/mol. The van der Waals surface area contributed by atoms with Gasteiger partial charge < -0.3 is 10.1 Å². The summed E-state index contributed by atoms with van der Waals surface area (Å²) >= 11 is 0. The van der Waals surface area contributed by atoms with Crippen molar-refractivity contribution in [1.29, 1.82) is 0 Å². The fourth-order valence-electron chi connectivity index (χ4n) is 1.86. The van der Waals surface area contributed by atoms with Gasteiger partial charge in [-0.15, -0.1) is 0 Å². The largest absolute Gasteiger partial charge is 0.385 e. The Morgan fingerprint density at radius 3 is 3.07 bits per heavy atom. The summed E-state index contributed by atoms with van der Waals surface area (Å²) in [4.78, 5) is 0. The van der Waals surface area contributed by atoms with Crippen LogP contribution < -0.4 is 5.32 Å². The van der Waals surface area contributed by atoms with E-state index in [0.717, 1.165) is 6.54 Å². The van der Waals surface area contributed by atoms with Crippen molar-refractivity contribution in [3.05, 3.63) is 29.3 Å². The number of benzene rings is 1. The zero-order valence-electron chi connectivity index (χ0n) is 9.55. The van der Waals surface area contributed by atoms with Gasteiger partial charge in [-0.05, 0) is 43.9 Å². The van der Waals surface area contributed by atoms with E-state index in [2.05, 4.69) is 37.4 Å². The molecule has 2 nitrogen and oxygen atoms in total. The zero-order chi connectivity index (χ0) is 10.7. The number of fused-ring (bicyclic) bond motifs is 1. The van der Waals surface area contributed by atoms with Crippen LogP contribution in [0.4, 0.5) is 5.69 Å². The van der Waals surface area contributed by atoms with Gasteiger partial charge >= 0.3 is 0 Å². The van der Waals surface area contributed by atoms with E-state index >= 15 is 0 Å². The van der Waals surface area contributed by atoms with Gasteiger partial charge in [0, 0.05) is 12.2 Å². The molecule has 0 bridgehead atoms. The van der Waals surface area contributed by atoms with Gasteiger partial charge in [0.25, 0.3) is 0 Å². The Kier molecular flexibility index (Phi) is 3.27. The predicted molar refractivity (Wildman–Crippen MR) is 63.2 cm³/mol. The molecule has 0 fully saturated rings. The lowest BCUT2D eigenvalue weighted by molar-refractivity contribution is 0.0657. The van der Waals surface area contributed by atoms with Gasteiger partial charge in [-0.25, -0.2) is 0 Å². The third-order valence-electron chi connectivity index (χ3n) is 2.70. The molecule has 0 aromatic heterocycles. The van der Waals surface area contributed by atoms with Crippen LogP contribution in [0.3, 0.4) is 0 Å². The minimum Gasteiger partial charge on any atom is -0.385 e. The molecule has 1 N–H and O–H groups in total. The van der Waals surface area contributed by atoms with Crippen LogP contribution in [-0.2, 0) is 17.8 Å². The van der Waals surface area contributed by atoms with E-state index in [1.807, 2.05) is 0 Å². The topological polar surface area (TPSA) is 21.3 Å². The Balaban J connectivity index is 2.07. The maximum Gasteiger partial charge on any atom is 0.0721 e. The SMILES string of the molecule is CC(C)OCc1ccc2c(c1)NCCC2. The van der Waals surface area contributed by atoms with Crippen LogP contribution >= 0.6 is 0 Å². The van der Waals surface area contributed by atoms with Crippen molar-refractivity contribution in [3.63, 3.8) is 0 Å². The van der Waals surface area contributed by atoms with Gasteiger partial charge in [0.15, 0.2) is 0 Å². The first-order chi connectivity index (χ1) is 7.25. The molecule has 1 heterocycles. The van der Waals surface area contributed by atoms with Crippen LogP contribution in [0.5, 0.6) is 0 Å². The fourth-order valence-corrected chi connectivity index (χ4v) is 1.86. The van der Waals surface area contributed by atoms with E-state index in [9.17, 15) is 0 Å². The summed E-state index contributed by atoms with van der Waals surface area (Å²) in [5.74, 6) is 0. The van der Waals surface area contributed by atoms with Crippen molar-refractivity contribution >= 4 is 5.69 Å². The zero-order valence-corrected chi connectivity index (χ0v) is 9.55. The highest BCUT2D eigenvalue weighted by Crippen LogP contribution is 2.23. The summed E-state index contributed by atoms with van der Waals surface area (Å²) in [5.41, 5.74) is 4.00. The molecule has 2 heteroatoms. The summed E-state index contributed by atoms with van der Waals surface area (Å²) in [6.07, 6.45) is 2.75. The highest BCUT2D eigenvalue weighted by atomic mass is 16.5. The lowest BCUT2D eigenvalue weighted by Gasteiger charge is -2.19. The van der Waals surface area contributed by atoms with Gasteiger partial charge in [0.05, 0.1) is 12.7 Å². The summed E-state index contributed by atoms with van der Waals surface area (Å²) in [6, 6.07) is 6.62. The standard InChI is InChI=1S/C13H19NO/c1-10(2)15-9-11-5-6-12-4-3-7-14-13(12)8-11/h5-6,8,10,14H,3-4,7,9H2,1-2H3. The summed E-state index contributed by atoms with van der Waals surface area (Å²) in [7, 11) is 0. The number of rotatable bonds is 3. The minimum absolute atomic E-state index is 0.300. The molecule has 1 aliphatic rings. The maximum atomic E-state index is 5.59. The van der Waals surface area contributed by atoms with Gasteiger partial charge in [-0.1, -0.05) is 12.1 Å². The number of hydrogen-bond donors (Lipinski definition) is 1. The quantitative estimate of drug-likeness (QED) is 0.819. The molecule has 82 valence electrons. The summed E-state index contributed by atoms with van der Waals surface area (Å²) in [5, 5.41) is 3.44. The molecule has 1 aromatic carbocycles. The number of ether oxygens (including phenoxy) is 1. The van der Waals surface area contributed by atoms with E-state index in [1.54, 1.807) is 0 Å². The molecule has 0 amide bonds. The van der Waals surface area contributed by atoms with E-state index in [-0.39, 0.29) is 0 Å². The van der Waals surface area contributed by atoms with Crippen molar-refractivity contribution in [1.82, 2.24) is 0 Å². The Morgan fingerprint density at radius 1 is 1.40 bits per heavy atom. The number of hydrogen-bond acceptors (Lipinski definition) is 2. The van der Waals surface area contributed by atoms with Crippen molar-refractivity contribution in [3.8, 4) is 0 Å². The molecule has 1 aromatic rings. The van der Waals surface area contributed by atoms with Crippen molar-refractivity contribution in [2.75, 3.05) is 11.9 Å². The van der Waals surface area contributed by atoms with Crippen LogP contribution in [-0.4, -0.2) is 12.6 Å². The average Bonchev–Trinajstić information content (AvgIpc) is 2.26. The van der Waals surface area contributed by atoms with Crippen LogP contribution in [0, 0.1) is 0 Å². The highest BCUT2D eigenvalue weighted by Gasteiger charge is 2.08. The van der Waals surface area contributed by atoms with Gasteiger partial charge in [0.2, 0.25) is 0 Å². The molecule has 0 atom stereocenters. The molecule has 0 aliphatic carbocycles. The first-order valence-electron chi connectivity index (χ1n) is 5.73. The van der Waals surface area contributed by atoms with Gasteiger partial charge in [-0.3, -0.25) is 0 Å². The fraction of sp³-hybridized carbons (Fsp3) is 0.538. The second-order valence-electron chi connectivity index (χ2n) is 4.38. The molecule has 0 saturated carbocycles. The molecule has 1 aliphatic heterocycles. The Morgan fingerprint density at radius 2 is 2.27 bits per heavy atom. The lowest BCUT2D eigenvalue weighted by atomic mass is 10.0. The molecule has 15 heavy (non-hydrogen) atoms. The second kappa shape index (κ2) is 4.67. The molecule has 2 rings (SSSR count). The van der Waals surface area contributed by atoms with Crippen LogP contribution in [0.1, 0.15) is 31.4 Å². The molecule has 0 saturated heterocycles. The van der Waals surface area contributed by atoms with Gasteiger partial charge in [-0.2, -0.15) is 0 Å². The predicted octanol–water partition coefficient (Wildman–Crippen LogP) is 2.97. The first-order valence-corrected chi connectivity index (χ1v) is 5.73. The Hall–Kier alpha value is -1.02. The number of aryl methyl sites for hydroxylation is 1. The lowest BCUT2D eigenvalue weighted by Crippen LogP contribution is -2.12. The second-order valence-corrected chi connectivity index (χ2v) is 4.38. The minimum atomic E-state index is 0.300. The third-order valence-corrected chi connectivity index (χ3v) is 2.70. The van der Waals surface area contributed by atoms with Crippen molar-refractivity contribution < 1.29 is 4.74 Å².